The third-order valence-corrected chi connectivity index (χ3v) is 4.58. The van der Waals surface area contributed by atoms with Gasteiger partial charge >= 0.3 is 5.97 Å². The number of methoxy groups -OCH3 is 1. The van der Waals surface area contributed by atoms with Gasteiger partial charge in [-0.2, -0.15) is 0 Å². The van der Waals surface area contributed by atoms with Crippen LogP contribution in [-0.2, 0) is 11.2 Å². The number of ether oxygens (including phenoxy) is 2. The van der Waals surface area contributed by atoms with E-state index in [1.807, 2.05) is 12.1 Å². The van der Waals surface area contributed by atoms with Gasteiger partial charge in [0.1, 0.15) is 11.5 Å². The van der Waals surface area contributed by atoms with Crippen LogP contribution in [0.3, 0.4) is 0 Å². The van der Waals surface area contributed by atoms with Gasteiger partial charge in [0.15, 0.2) is 0 Å². The Hall–Kier alpha value is -1.31. The highest BCUT2D eigenvalue weighted by Gasteiger charge is 2.15. The molecule has 0 unspecified atom stereocenters. The van der Waals surface area contributed by atoms with Gasteiger partial charge in [-0.05, 0) is 66.9 Å². The fraction of sp³-hybridized carbons (Fsp3) is 0.278. The number of hydrogen-bond acceptors (Lipinski definition) is 4. The van der Waals surface area contributed by atoms with Crippen LogP contribution in [0.25, 0.3) is 0 Å². The van der Waals surface area contributed by atoms with Gasteiger partial charge < -0.3 is 14.4 Å². The minimum Gasteiger partial charge on any atom is -0.465 e. The SMILES string of the molecule is COC(=O)c1cc(I)c(Oc2ccc(CCN(C)C)cc2)cc1Cl. The molecule has 0 saturated heterocycles. The highest BCUT2D eigenvalue weighted by molar-refractivity contribution is 14.1. The summed E-state index contributed by atoms with van der Waals surface area (Å²) >= 11 is 8.26. The Morgan fingerprint density at radius 1 is 1.21 bits per heavy atom. The predicted molar refractivity (Wildman–Crippen MR) is 104 cm³/mol. The summed E-state index contributed by atoms with van der Waals surface area (Å²) in [5.74, 6) is 0.868. The van der Waals surface area contributed by atoms with Crippen LogP contribution in [0.2, 0.25) is 5.02 Å². The van der Waals surface area contributed by atoms with E-state index < -0.39 is 5.97 Å². The smallest absolute Gasteiger partial charge is 0.339 e. The first-order valence-corrected chi connectivity index (χ1v) is 8.85. The maximum absolute atomic E-state index is 11.6. The van der Waals surface area contributed by atoms with Gasteiger partial charge in [0.25, 0.3) is 0 Å². The summed E-state index contributed by atoms with van der Waals surface area (Å²) < 4.78 is 11.4. The number of rotatable bonds is 6. The molecule has 0 fully saturated rings. The van der Waals surface area contributed by atoms with Crippen molar-refractivity contribution in [2.75, 3.05) is 27.7 Å². The van der Waals surface area contributed by atoms with Crippen LogP contribution in [0, 0.1) is 3.57 Å². The number of likely N-dealkylation sites (N-methyl/N-ethyl adjacent to an activating group) is 1. The second-order valence-electron chi connectivity index (χ2n) is 5.55. The summed E-state index contributed by atoms with van der Waals surface area (Å²) in [4.78, 5) is 13.8. The Kier molecular flexibility index (Phi) is 6.89. The minimum atomic E-state index is -0.463. The van der Waals surface area contributed by atoms with E-state index in [9.17, 15) is 4.79 Å². The molecular weight excluding hydrogens is 441 g/mol. The molecule has 4 nitrogen and oxygen atoms in total. The van der Waals surface area contributed by atoms with Crippen molar-refractivity contribution >= 4 is 40.2 Å². The van der Waals surface area contributed by atoms with Crippen molar-refractivity contribution in [2.45, 2.75) is 6.42 Å². The minimum absolute atomic E-state index is 0.305. The predicted octanol–water partition coefficient (Wildman–Crippen LogP) is 4.63. The molecule has 2 aromatic rings. The van der Waals surface area contributed by atoms with Crippen molar-refractivity contribution in [3.05, 3.63) is 56.1 Å². The molecule has 0 aliphatic heterocycles. The lowest BCUT2D eigenvalue weighted by atomic mass is 10.1. The van der Waals surface area contributed by atoms with Gasteiger partial charge in [0.2, 0.25) is 0 Å². The zero-order valence-electron chi connectivity index (χ0n) is 13.8. The Morgan fingerprint density at radius 2 is 1.88 bits per heavy atom. The molecule has 128 valence electrons. The number of hydrogen-bond donors (Lipinski definition) is 0. The van der Waals surface area contributed by atoms with Crippen molar-refractivity contribution in [1.29, 1.82) is 0 Å². The topological polar surface area (TPSA) is 38.8 Å². The number of nitrogens with zero attached hydrogens (tertiary/aromatic N) is 1. The zero-order valence-corrected chi connectivity index (χ0v) is 16.7. The molecular formula is C18H19ClINO3. The van der Waals surface area contributed by atoms with Crippen molar-refractivity contribution in [3.8, 4) is 11.5 Å². The Morgan fingerprint density at radius 3 is 2.46 bits per heavy atom. The Labute approximate surface area is 160 Å². The first-order chi connectivity index (χ1) is 11.4. The third-order valence-electron chi connectivity index (χ3n) is 3.43. The Balaban J connectivity index is 2.13. The molecule has 6 heteroatoms. The van der Waals surface area contributed by atoms with E-state index in [0.29, 0.717) is 16.3 Å². The lowest BCUT2D eigenvalue weighted by Crippen LogP contribution is -2.14. The van der Waals surface area contributed by atoms with Gasteiger partial charge in [0.05, 0.1) is 21.3 Å². The van der Waals surface area contributed by atoms with E-state index in [-0.39, 0.29) is 0 Å². The summed E-state index contributed by atoms with van der Waals surface area (Å²) in [7, 11) is 5.44. The molecule has 0 aliphatic carbocycles. The summed E-state index contributed by atoms with van der Waals surface area (Å²) in [5, 5.41) is 0.305. The van der Waals surface area contributed by atoms with Crippen LogP contribution < -0.4 is 4.74 Å². The van der Waals surface area contributed by atoms with E-state index in [4.69, 9.17) is 21.1 Å². The van der Waals surface area contributed by atoms with Gasteiger partial charge in [-0.25, -0.2) is 4.79 Å². The standard InChI is InChI=1S/C18H19ClINO3/c1-21(2)9-8-12-4-6-13(7-5-12)24-17-11-15(19)14(10-16(17)20)18(22)23-3/h4-7,10-11H,8-9H2,1-3H3. The lowest BCUT2D eigenvalue weighted by molar-refractivity contribution is 0.0601. The molecule has 0 atom stereocenters. The molecule has 24 heavy (non-hydrogen) atoms. The lowest BCUT2D eigenvalue weighted by Gasteiger charge is -2.12. The summed E-state index contributed by atoms with van der Waals surface area (Å²) in [6.45, 7) is 1.00. The first-order valence-electron chi connectivity index (χ1n) is 7.39. The zero-order chi connectivity index (χ0) is 17.7. The van der Waals surface area contributed by atoms with Crippen LogP contribution in [0.4, 0.5) is 0 Å². The fourth-order valence-corrected chi connectivity index (χ4v) is 2.89. The molecule has 0 amide bonds. The van der Waals surface area contributed by atoms with Gasteiger partial charge in [-0.15, -0.1) is 0 Å². The van der Waals surface area contributed by atoms with Crippen LogP contribution in [0.15, 0.2) is 36.4 Å². The molecule has 0 N–H and O–H groups in total. The van der Waals surface area contributed by atoms with E-state index in [2.05, 4.69) is 53.7 Å². The molecule has 2 aromatic carbocycles. The third kappa shape index (κ3) is 5.09. The van der Waals surface area contributed by atoms with Gasteiger partial charge in [-0.3, -0.25) is 0 Å². The largest absolute Gasteiger partial charge is 0.465 e. The van der Waals surface area contributed by atoms with Gasteiger partial charge in [-0.1, -0.05) is 23.7 Å². The van der Waals surface area contributed by atoms with E-state index >= 15 is 0 Å². The van der Waals surface area contributed by atoms with Crippen LogP contribution >= 0.6 is 34.2 Å². The average Bonchev–Trinajstić information content (AvgIpc) is 2.56. The van der Waals surface area contributed by atoms with Crippen molar-refractivity contribution < 1.29 is 14.3 Å². The van der Waals surface area contributed by atoms with Crippen LogP contribution in [-0.4, -0.2) is 38.6 Å². The van der Waals surface area contributed by atoms with E-state index in [0.717, 1.165) is 22.3 Å². The maximum Gasteiger partial charge on any atom is 0.339 e. The van der Waals surface area contributed by atoms with Crippen molar-refractivity contribution in [3.63, 3.8) is 0 Å². The molecule has 0 saturated carbocycles. The number of esters is 1. The molecule has 2 rings (SSSR count). The Bertz CT molecular complexity index is 717. The monoisotopic (exact) mass is 459 g/mol. The second kappa shape index (κ2) is 8.69. The maximum atomic E-state index is 11.6. The number of carbonyl (C=O) groups is 1. The summed E-state index contributed by atoms with van der Waals surface area (Å²) in [6.07, 6.45) is 0.991. The van der Waals surface area contributed by atoms with Gasteiger partial charge in [0, 0.05) is 12.6 Å². The molecule has 0 aliphatic rings. The van der Waals surface area contributed by atoms with E-state index in [1.54, 1.807) is 12.1 Å². The number of carbonyl (C=O) groups excluding carboxylic acids is 1. The molecule has 0 bridgehead atoms. The van der Waals surface area contributed by atoms with Crippen molar-refractivity contribution in [2.24, 2.45) is 0 Å². The van der Waals surface area contributed by atoms with Crippen LogP contribution in [0.1, 0.15) is 15.9 Å². The molecule has 0 aromatic heterocycles. The highest BCUT2D eigenvalue weighted by atomic mass is 127. The van der Waals surface area contributed by atoms with Crippen molar-refractivity contribution in [1.82, 2.24) is 4.90 Å². The average molecular weight is 460 g/mol. The molecule has 0 heterocycles. The number of halogens is 2. The number of benzene rings is 2. The molecule has 0 spiro atoms. The second-order valence-corrected chi connectivity index (χ2v) is 7.12. The fourth-order valence-electron chi connectivity index (χ4n) is 2.08. The summed E-state index contributed by atoms with van der Waals surface area (Å²) in [6, 6.07) is 11.3. The van der Waals surface area contributed by atoms with Crippen LogP contribution in [0.5, 0.6) is 11.5 Å². The quantitative estimate of drug-likeness (QED) is 0.466. The first kappa shape index (κ1) is 19.0. The highest BCUT2D eigenvalue weighted by Crippen LogP contribution is 2.32. The van der Waals surface area contributed by atoms with E-state index in [1.165, 1.54) is 12.7 Å². The summed E-state index contributed by atoms with van der Waals surface area (Å²) in [5.41, 5.74) is 1.58. The molecule has 0 radical (unpaired) electrons. The normalized spacial score (nSPS) is 10.8.